The molecule has 7 heteroatoms. The van der Waals surface area contributed by atoms with E-state index in [9.17, 15) is 0 Å². The molecule has 2 aromatic rings. The second kappa shape index (κ2) is 11.4. The molecule has 0 aliphatic carbocycles. The third-order valence-electron chi connectivity index (χ3n) is 5.31. The first-order valence-electron chi connectivity index (χ1n) is 10.8. The first kappa shape index (κ1) is 21.9. The highest BCUT2D eigenvalue weighted by Crippen LogP contribution is 2.15. The lowest BCUT2D eigenvalue weighted by atomic mass is 10.2. The summed E-state index contributed by atoms with van der Waals surface area (Å²) in [6.07, 6.45) is 1.90. The van der Waals surface area contributed by atoms with E-state index in [4.69, 9.17) is 9.73 Å². The number of aromatic nitrogens is 1. The number of pyridine rings is 1. The molecule has 1 aliphatic heterocycles. The monoisotopic (exact) mass is 410 g/mol. The molecule has 0 radical (unpaired) electrons. The van der Waals surface area contributed by atoms with Crippen LogP contribution in [0, 0.1) is 0 Å². The van der Waals surface area contributed by atoms with E-state index in [0.29, 0.717) is 13.1 Å². The van der Waals surface area contributed by atoms with Crippen molar-refractivity contribution in [3.05, 3.63) is 53.7 Å². The van der Waals surface area contributed by atoms with E-state index in [1.165, 1.54) is 5.56 Å². The lowest BCUT2D eigenvalue weighted by molar-refractivity contribution is 0.270. The molecular formula is C23H34N6O. The topological polar surface area (TPSA) is 65.0 Å². The summed E-state index contributed by atoms with van der Waals surface area (Å²) in [6, 6.07) is 12.2. The molecule has 2 N–H and O–H groups in total. The number of ether oxygens (including phenoxy) is 1. The molecule has 0 amide bonds. The molecule has 0 unspecified atom stereocenters. The van der Waals surface area contributed by atoms with Gasteiger partial charge in [0.05, 0.1) is 13.7 Å². The summed E-state index contributed by atoms with van der Waals surface area (Å²) >= 11 is 0. The van der Waals surface area contributed by atoms with Gasteiger partial charge in [-0.1, -0.05) is 19.1 Å². The Labute approximate surface area is 180 Å². The van der Waals surface area contributed by atoms with Crippen molar-refractivity contribution in [1.29, 1.82) is 0 Å². The number of aliphatic imine (C=N–C) groups is 1. The predicted molar refractivity (Wildman–Crippen MR) is 123 cm³/mol. The van der Waals surface area contributed by atoms with E-state index in [0.717, 1.165) is 62.4 Å². The van der Waals surface area contributed by atoms with Crippen LogP contribution in [0.1, 0.15) is 25.0 Å². The number of piperazine rings is 1. The van der Waals surface area contributed by atoms with Gasteiger partial charge in [-0.25, -0.2) is 9.98 Å². The largest absolute Gasteiger partial charge is 0.497 e. The number of hydrogen-bond donors (Lipinski definition) is 2. The molecule has 1 aliphatic rings. The number of hydrogen-bond acceptors (Lipinski definition) is 5. The molecule has 30 heavy (non-hydrogen) atoms. The van der Waals surface area contributed by atoms with Crippen molar-refractivity contribution >= 4 is 11.8 Å². The number of anilines is 1. The number of methoxy groups -OCH3 is 1. The number of rotatable bonds is 8. The Morgan fingerprint density at radius 3 is 2.63 bits per heavy atom. The Bertz CT molecular complexity index is 817. The predicted octanol–water partition coefficient (Wildman–Crippen LogP) is 2.49. The third kappa shape index (κ3) is 6.35. The van der Waals surface area contributed by atoms with Gasteiger partial charge >= 0.3 is 0 Å². The van der Waals surface area contributed by atoms with Crippen molar-refractivity contribution < 1.29 is 4.74 Å². The molecular weight excluding hydrogens is 376 g/mol. The van der Waals surface area contributed by atoms with Crippen molar-refractivity contribution in [3.8, 4) is 5.75 Å². The normalized spacial score (nSPS) is 15.2. The lowest BCUT2D eigenvalue weighted by Gasteiger charge is -2.34. The fourth-order valence-electron chi connectivity index (χ4n) is 3.51. The third-order valence-corrected chi connectivity index (χ3v) is 5.31. The Hall–Kier alpha value is -2.80. The standard InChI is InChI=1S/C23H34N6O/c1-4-24-23(26-17-19-7-6-8-21(15-19)30-3)27-18-20-9-10-25-22(16-20)29-13-11-28(5-2)12-14-29/h6-10,15-16H,4-5,11-14,17-18H2,1-3H3,(H2,24,26,27). The summed E-state index contributed by atoms with van der Waals surface area (Å²) in [5.41, 5.74) is 2.31. The maximum atomic E-state index is 5.30. The summed E-state index contributed by atoms with van der Waals surface area (Å²) in [4.78, 5) is 14.2. The van der Waals surface area contributed by atoms with Crippen LogP contribution >= 0.6 is 0 Å². The fraction of sp³-hybridized carbons (Fsp3) is 0.478. The average Bonchev–Trinajstić information content (AvgIpc) is 2.81. The van der Waals surface area contributed by atoms with Crippen LogP contribution in [0.15, 0.2) is 47.6 Å². The summed E-state index contributed by atoms with van der Waals surface area (Å²) in [7, 11) is 1.68. The molecule has 1 saturated heterocycles. The van der Waals surface area contributed by atoms with Crippen LogP contribution in [0.3, 0.4) is 0 Å². The number of benzene rings is 1. The Morgan fingerprint density at radius 1 is 1.07 bits per heavy atom. The van der Waals surface area contributed by atoms with E-state index in [1.54, 1.807) is 7.11 Å². The van der Waals surface area contributed by atoms with E-state index < -0.39 is 0 Å². The van der Waals surface area contributed by atoms with Crippen molar-refractivity contribution in [2.24, 2.45) is 4.99 Å². The molecule has 0 atom stereocenters. The van der Waals surface area contributed by atoms with Crippen LogP contribution in [0.5, 0.6) is 5.75 Å². The molecule has 0 saturated carbocycles. The molecule has 0 bridgehead atoms. The zero-order chi connectivity index (χ0) is 21.2. The van der Waals surface area contributed by atoms with Gasteiger partial charge in [-0.05, 0) is 48.9 Å². The number of nitrogens with one attached hydrogen (secondary N) is 2. The van der Waals surface area contributed by atoms with Crippen LogP contribution in [0.4, 0.5) is 5.82 Å². The highest BCUT2D eigenvalue weighted by molar-refractivity contribution is 5.79. The van der Waals surface area contributed by atoms with Crippen LogP contribution in [0.2, 0.25) is 0 Å². The van der Waals surface area contributed by atoms with E-state index in [1.807, 2.05) is 24.4 Å². The van der Waals surface area contributed by atoms with Gasteiger partial charge in [0.15, 0.2) is 5.96 Å². The number of likely N-dealkylation sites (N-methyl/N-ethyl adjacent to an activating group) is 1. The molecule has 0 spiro atoms. The SMILES string of the molecule is CCNC(=NCc1cccc(OC)c1)NCc1ccnc(N2CCN(CC)CC2)c1. The van der Waals surface area contributed by atoms with Crippen molar-refractivity contribution in [3.63, 3.8) is 0 Å². The van der Waals surface area contributed by atoms with Crippen LogP contribution in [0.25, 0.3) is 0 Å². The molecule has 3 rings (SSSR count). The summed E-state index contributed by atoms with van der Waals surface area (Å²) in [5, 5.41) is 6.75. The first-order chi connectivity index (χ1) is 14.7. The minimum atomic E-state index is 0.593. The molecule has 1 aromatic heterocycles. The van der Waals surface area contributed by atoms with Crippen molar-refractivity contribution in [1.82, 2.24) is 20.5 Å². The van der Waals surface area contributed by atoms with Gasteiger partial charge in [-0.2, -0.15) is 0 Å². The summed E-state index contributed by atoms with van der Waals surface area (Å²) in [6.45, 7) is 11.8. The summed E-state index contributed by atoms with van der Waals surface area (Å²) in [5.74, 6) is 2.71. The van der Waals surface area contributed by atoms with E-state index in [-0.39, 0.29) is 0 Å². The highest BCUT2D eigenvalue weighted by Gasteiger charge is 2.16. The summed E-state index contributed by atoms with van der Waals surface area (Å²) < 4.78 is 5.30. The van der Waals surface area contributed by atoms with Gasteiger partial charge in [-0.15, -0.1) is 0 Å². The van der Waals surface area contributed by atoms with Crippen LogP contribution in [-0.4, -0.2) is 62.2 Å². The van der Waals surface area contributed by atoms with E-state index >= 15 is 0 Å². The Kier molecular flexibility index (Phi) is 8.32. The first-order valence-corrected chi connectivity index (χ1v) is 10.8. The minimum Gasteiger partial charge on any atom is -0.497 e. The van der Waals surface area contributed by atoms with Gasteiger partial charge in [0, 0.05) is 45.5 Å². The zero-order valence-electron chi connectivity index (χ0n) is 18.4. The number of guanidine groups is 1. The quantitative estimate of drug-likeness (QED) is 0.515. The lowest BCUT2D eigenvalue weighted by Crippen LogP contribution is -2.46. The smallest absolute Gasteiger partial charge is 0.191 e. The van der Waals surface area contributed by atoms with Crippen molar-refractivity contribution in [2.45, 2.75) is 26.9 Å². The van der Waals surface area contributed by atoms with Crippen LogP contribution < -0.4 is 20.3 Å². The molecule has 1 fully saturated rings. The van der Waals surface area contributed by atoms with Gasteiger partial charge in [0.25, 0.3) is 0 Å². The van der Waals surface area contributed by atoms with Crippen molar-refractivity contribution in [2.75, 3.05) is 51.3 Å². The highest BCUT2D eigenvalue weighted by atomic mass is 16.5. The van der Waals surface area contributed by atoms with Gasteiger partial charge in [0.1, 0.15) is 11.6 Å². The molecule has 162 valence electrons. The Morgan fingerprint density at radius 2 is 1.90 bits per heavy atom. The second-order valence-electron chi connectivity index (χ2n) is 7.34. The van der Waals surface area contributed by atoms with Gasteiger partial charge in [0.2, 0.25) is 0 Å². The fourth-order valence-corrected chi connectivity index (χ4v) is 3.51. The molecule has 1 aromatic carbocycles. The van der Waals surface area contributed by atoms with Gasteiger partial charge < -0.3 is 25.2 Å². The maximum Gasteiger partial charge on any atom is 0.191 e. The maximum absolute atomic E-state index is 5.30. The van der Waals surface area contributed by atoms with Gasteiger partial charge in [-0.3, -0.25) is 0 Å². The minimum absolute atomic E-state index is 0.593. The van der Waals surface area contributed by atoms with E-state index in [2.05, 4.69) is 57.5 Å². The molecule has 7 nitrogen and oxygen atoms in total. The second-order valence-corrected chi connectivity index (χ2v) is 7.34. The molecule has 2 heterocycles. The Balaban J connectivity index is 1.59. The average molecular weight is 411 g/mol. The number of nitrogens with zero attached hydrogens (tertiary/aromatic N) is 4. The zero-order valence-corrected chi connectivity index (χ0v) is 18.4. The van der Waals surface area contributed by atoms with Crippen LogP contribution in [-0.2, 0) is 13.1 Å².